The summed E-state index contributed by atoms with van der Waals surface area (Å²) in [6.07, 6.45) is 0. The van der Waals surface area contributed by atoms with Crippen molar-refractivity contribution in [2.75, 3.05) is 6.54 Å². The van der Waals surface area contributed by atoms with Crippen LogP contribution in [0.25, 0.3) is 0 Å². The van der Waals surface area contributed by atoms with Gasteiger partial charge in [-0.1, -0.05) is 41.5 Å². The van der Waals surface area contributed by atoms with E-state index in [9.17, 15) is 9.59 Å². The highest BCUT2D eigenvalue weighted by Crippen LogP contribution is 2.14. The Morgan fingerprint density at radius 2 is 1.60 bits per heavy atom. The number of nitrogens with one attached hydrogen (secondary N) is 1. The van der Waals surface area contributed by atoms with Crippen LogP contribution in [0.15, 0.2) is 0 Å². The number of carbonyl (C=O) groups is 2. The lowest BCUT2D eigenvalue weighted by atomic mass is 9.90. The molecule has 3 nitrogen and oxygen atoms in total. The van der Waals surface area contributed by atoms with Crippen molar-refractivity contribution in [3.05, 3.63) is 0 Å². The fourth-order valence-electron chi connectivity index (χ4n) is 0.896. The van der Waals surface area contributed by atoms with Crippen molar-refractivity contribution in [2.45, 2.75) is 41.5 Å². The normalized spacial score (nSPS) is 13.8. The Morgan fingerprint density at radius 3 is 1.93 bits per heavy atom. The van der Waals surface area contributed by atoms with Crippen LogP contribution in [0.2, 0.25) is 0 Å². The number of Topliss-reactive ketones (excluding diaryl/α,β-unsaturated/α-hetero) is 1. The first-order valence-electron chi connectivity index (χ1n) is 5.47. The molecule has 0 heterocycles. The summed E-state index contributed by atoms with van der Waals surface area (Å²) in [7, 11) is 0. The highest BCUT2D eigenvalue weighted by Gasteiger charge is 2.23. The third-order valence-corrected chi connectivity index (χ3v) is 2.67. The summed E-state index contributed by atoms with van der Waals surface area (Å²) in [5.41, 5.74) is -0.381. The van der Waals surface area contributed by atoms with Gasteiger partial charge in [0, 0.05) is 11.3 Å². The third-order valence-electron chi connectivity index (χ3n) is 2.67. The van der Waals surface area contributed by atoms with E-state index in [4.69, 9.17) is 0 Å². The second-order valence-electron chi connectivity index (χ2n) is 5.42. The maximum atomic E-state index is 11.6. The maximum absolute atomic E-state index is 11.6. The molecule has 0 aromatic rings. The van der Waals surface area contributed by atoms with E-state index in [2.05, 4.69) is 5.32 Å². The van der Waals surface area contributed by atoms with Crippen LogP contribution in [-0.4, -0.2) is 18.2 Å². The van der Waals surface area contributed by atoms with Crippen LogP contribution < -0.4 is 5.32 Å². The summed E-state index contributed by atoms with van der Waals surface area (Å²) in [6.45, 7) is 11.6. The Morgan fingerprint density at radius 1 is 1.13 bits per heavy atom. The van der Waals surface area contributed by atoms with Crippen LogP contribution in [0.4, 0.5) is 0 Å². The number of ketones is 1. The van der Waals surface area contributed by atoms with Crippen molar-refractivity contribution in [1.29, 1.82) is 0 Å². The highest BCUT2D eigenvalue weighted by molar-refractivity contribution is 5.89. The summed E-state index contributed by atoms with van der Waals surface area (Å²) < 4.78 is 0. The molecule has 0 aliphatic carbocycles. The quantitative estimate of drug-likeness (QED) is 0.776. The SMILES string of the molecule is CC(C)C(C)C(=O)NCC(=O)C(C)(C)C. The largest absolute Gasteiger partial charge is 0.349 e. The van der Waals surface area contributed by atoms with E-state index in [1.165, 1.54) is 0 Å². The monoisotopic (exact) mass is 213 g/mol. The van der Waals surface area contributed by atoms with Gasteiger partial charge in [-0.3, -0.25) is 9.59 Å². The van der Waals surface area contributed by atoms with Crippen LogP contribution in [0.5, 0.6) is 0 Å². The standard InChI is InChI=1S/C12H23NO2/c1-8(2)9(3)11(15)13-7-10(14)12(4,5)6/h8-9H,7H2,1-6H3,(H,13,15). The van der Waals surface area contributed by atoms with E-state index in [1.54, 1.807) is 0 Å². The van der Waals surface area contributed by atoms with Crippen LogP contribution in [-0.2, 0) is 9.59 Å². The topological polar surface area (TPSA) is 46.2 Å². The zero-order valence-corrected chi connectivity index (χ0v) is 10.7. The van der Waals surface area contributed by atoms with Crippen LogP contribution in [0.3, 0.4) is 0 Å². The first-order chi connectivity index (χ1) is 6.66. The van der Waals surface area contributed by atoms with E-state index in [0.29, 0.717) is 5.92 Å². The molecule has 3 heteroatoms. The minimum atomic E-state index is -0.381. The van der Waals surface area contributed by atoms with Gasteiger partial charge in [0.2, 0.25) is 5.91 Å². The average molecular weight is 213 g/mol. The molecular formula is C12H23NO2. The van der Waals surface area contributed by atoms with Crippen molar-refractivity contribution < 1.29 is 9.59 Å². The first kappa shape index (κ1) is 14.1. The molecule has 0 saturated carbocycles. The minimum Gasteiger partial charge on any atom is -0.349 e. The van der Waals surface area contributed by atoms with Gasteiger partial charge in [-0.15, -0.1) is 0 Å². The van der Waals surface area contributed by atoms with Crippen molar-refractivity contribution in [2.24, 2.45) is 17.3 Å². The Kier molecular flexibility index (Phi) is 4.98. The predicted molar refractivity (Wildman–Crippen MR) is 61.5 cm³/mol. The van der Waals surface area contributed by atoms with E-state index in [0.717, 1.165) is 0 Å². The van der Waals surface area contributed by atoms with Crippen molar-refractivity contribution in [3.63, 3.8) is 0 Å². The third kappa shape index (κ3) is 4.96. The molecule has 1 atom stereocenters. The zero-order chi connectivity index (χ0) is 12.2. The zero-order valence-electron chi connectivity index (χ0n) is 10.7. The van der Waals surface area contributed by atoms with Gasteiger partial charge >= 0.3 is 0 Å². The van der Waals surface area contributed by atoms with Crippen LogP contribution in [0, 0.1) is 17.3 Å². The molecule has 1 amide bonds. The Labute approximate surface area is 92.6 Å². The lowest BCUT2D eigenvalue weighted by Crippen LogP contribution is -2.39. The molecule has 0 aromatic heterocycles. The summed E-state index contributed by atoms with van der Waals surface area (Å²) in [4.78, 5) is 23.1. The summed E-state index contributed by atoms with van der Waals surface area (Å²) in [5.74, 6) is 0.280. The molecule has 0 aliphatic rings. The first-order valence-corrected chi connectivity index (χ1v) is 5.47. The molecule has 15 heavy (non-hydrogen) atoms. The molecule has 0 aliphatic heterocycles. The van der Waals surface area contributed by atoms with E-state index >= 15 is 0 Å². The molecular weight excluding hydrogens is 190 g/mol. The lowest BCUT2D eigenvalue weighted by molar-refractivity contribution is -0.131. The number of hydrogen-bond acceptors (Lipinski definition) is 2. The minimum absolute atomic E-state index is 0.0393. The van der Waals surface area contributed by atoms with Crippen LogP contribution in [0.1, 0.15) is 41.5 Å². The predicted octanol–water partition coefficient (Wildman–Crippen LogP) is 2.01. The molecule has 0 spiro atoms. The van der Waals surface area contributed by atoms with Crippen molar-refractivity contribution in [1.82, 2.24) is 5.32 Å². The second-order valence-corrected chi connectivity index (χ2v) is 5.42. The number of rotatable bonds is 4. The fourth-order valence-corrected chi connectivity index (χ4v) is 0.896. The molecule has 0 bridgehead atoms. The Bertz CT molecular complexity index is 238. The Balaban J connectivity index is 4.08. The number of hydrogen-bond donors (Lipinski definition) is 1. The molecule has 0 fully saturated rings. The lowest BCUT2D eigenvalue weighted by Gasteiger charge is -2.19. The molecule has 0 saturated heterocycles. The second kappa shape index (κ2) is 5.29. The van der Waals surface area contributed by atoms with Gasteiger partial charge in [-0.2, -0.15) is 0 Å². The van der Waals surface area contributed by atoms with Gasteiger partial charge < -0.3 is 5.32 Å². The smallest absolute Gasteiger partial charge is 0.223 e. The molecule has 0 rings (SSSR count). The van der Waals surface area contributed by atoms with Gasteiger partial charge in [0.05, 0.1) is 6.54 Å². The maximum Gasteiger partial charge on any atom is 0.223 e. The number of amides is 1. The number of carbonyl (C=O) groups excluding carboxylic acids is 2. The molecule has 88 valence electrons. The van der Waals surface area contributed by atoms with E-state index in [-0.39, 0.29) is 29.6 Å². The van der Waals surface area contributed by atoms with E-state index in [1.807, 2.05) is 41.5 Å². The van der Waals surface area contributed by atoms with Crippen molar-refractivity contribution in [3.8, 4) is 0 Å². The van der Waals surface area contributed by atoms with Crippen molar-refractivity contribution >= 4 is 11.7 Å². The van der Waals surface area contributed by atoms with Gasteiger partial charge in [0.1, 0.15) is 0 Å². The Hall–Kier alpha value is -0.860. The van der Waals surface area contributed by atoms with Gasteiger partial charge in [-0.05, 0) is 5.92 Å². The highest BCUT2D eigenvalue weighted by atomic mass is 16.2. The van der Waals surface area contributed by atoms with Gasteiger partial charge in [0.15, 0.2) is 5.78 Å². The molecule has 1 unspecified atom stereocenters. The van der Waals surface area contributed by atoms with Gasteiger partial charge in [0.25, 0.3) is 0 Å². The van der Waals surface area contributed by atoms with Crippen LogP contribution >= 0.6 is 0 Å². The summed E-state index contributed by atoms with van der Waals surface area (Å²) in [5, 5.41) is 2.68. The van der Waals surface area contributed by atoms with Gasteiger partial charge in [-0.25, -0.2) is 0 Å². The summed E-state index contributed by atoms with van der Waals surface area (Å²) in [6, 6.07) is 0. The molecule has 0 aromatic carbocycles. The molecule has 0 radical (unpaired) electrons. The van der Waals surface area contributed by atoms with E-state index < -0.39 is 0 Å². The fraction of sp³-hybridized carbons (Fsp3) is 0.833. The average Bonchev–Trinajstić information content (AvgIpc) is 2.10. The summed E-state index contributed by atoms with van der Waals surface area (Å²) >= 11 is 0. The molecule has 1 N–H and O–H groups in total.